The molecule has 1 N–H and O–H groups in total. The first-order valence-electron chi connectivity index (χ1n) is 7.46. The molecule has 0 aliphatic heterocycles. The summed E-state index contributed by atoms with van der Waals surface area (Å²) in [6.07, 6.45) is 0. The largest absolute Gasteiger partial charge is 0.312 e. The molecule has 0 unspecified atom stereocenters. The lowest BCUT2D eigenvalue weighted by atomic mass is 10.2. The van der Waals surface area contributed by atoms with Crippen LogP contribution in [0.4, 0.5) is 5.69 Å². The number of likely N-dealkylation sites (N-methyl/N-ethyl adjacent to an activating group) is 1. The average Bonchev–Trinajstić information content (AvgIpc) is 2.54. The SMILES string of the molecule is CCN(C(=O)CNS(=O)(=O)c1ccc(Cl)cc1)c1cccc(C)c1. The van der Waals surface area contributed by atoms with Crippen LogP contribution in [-0.2, 0) is 14.8 Å². The van der Waals surface area contributed by atoms with Gasteiger partial charge >= 0.3 is 0 Å². The van der Waals surface area contributed by atoms with Crippen LogP contribution < -0.4 is 9.62 Å². The topological polar surface area (TPSA) is 66.5 Å². The monoisotopic (exact) mass is 366 g/mol. The van der Waals surface area contributed by atoms with Crippen LogP contribution in [0.1, 0.15) is 12.5 Å². The van der Waals surface area contributed by atoms with Crippen molar-refractivity contribution in [1.29, 1.82) is 0 Å². The van der Waals surface area contributed by atoms with Crippen LogP contribution in [0.3, 0.4) is 0 Å². The molecule has 0 aromatic heterocycles. The third-order valence-electron chi connectivity index (χ3n) is 3.47. The fourth-order valence-corrected chi connectivity index (χ4v) is 3.35. The molecule has 24 heavy (non-hydrogen) atoms. The summed E-state index contributed by atoms with van der Waals surface area (Å²) < 4.78 is 26.8. The van der Waals surface area contributed by atoms with E-state index < -0.39 is 10.0 Å². The van der Waals surface area contributed by atoms with E-state index in [0.717, 1.165) is 11.3 Å². The van der Waals surface area contributed by atoms with Gasteiger partial charge in [0.25, 0.3) is 0 Å². The van der Waals surface area contributed by atoms with Gasteiger partial charge in [-0.1, -0.05) is 23.7 Å². The third kappa shape index (κ3) is 4.56. The van der Waals surface area contributed by atoms with Crippen molar-refractivity contribution in [3.63, 3.8) is 0 Å². The fraction of sp³-hybridized carbons (Fsp3) is 0.235. The lowest BCUT2D eigenvalue weighted by molar-refractivity contribution is -0.117. The number of hydrogen-bond acceptors (Lipinski definition) is 3. The van der Waals surface area contributed by atoms with E-state index in [9.17, 15) is 13.2 Å². The minimum absolute atomic E-state index is 0.0679. The second kappa shape index (κ2) is 7.79. The summed E-state index contributed by atoms with van der Waals surface area (Å²) in [5, 5.41) is 0.446. The fourth-order valence-electron chi connectivity index (χ4n) is 2.25. The number of carbonyl (C=O) groups excluding carboxylic acids is 1. The Morgan fingerprint density at radius 1 is 1.17 bits per heavy atom. The molecule has 128 valence electrons. The Balaban J connectivity index is 2.09. The van der Waals surface area contributed by atoms with E-state index >= 15 is 0 Å². The highest BCUT2D eigenvalue weighted by Crippen LogP contribution is 2.16. The summed E-state index contributed by atoms with van der Waals surface area (Å²) in [7, 11) is -3.76. The summed E-state index contributed by atoms with van der Waals surface area (Å²) in [5.41, 5.74) is 1.77. The maximum atomic E-state index is 12.4. The van der Waals surface area contributed by atoms with Crippen LogP contribution in [0.15, 0.2) is 53.4 Å². The molecule has 0 aliphatic carbocycles. The highest BCUT2D eigenvalue weighted by Gasteiger charge is 2.19. The van der Waals surface area contributed by atoms with Crippen LogP contribution in [0.2, 0.25) is 5.02 Å². The number of halogens is 1. The molecule has 0 saturated heterocycles. The normalized spacial score (nSPS) is 11.3. The second-order valence-corrected chi connectivity index (χ2v) is 7.46. The molecule has 0 fully saturated rings. The molecule has 5 nitrogen and oxygen atoms in total. The molecular weight excluding hydrogens is 348 g/mol. The van der Waals surface area contributed by atoms with Gasteiger partial charge in [0.05, 0.1) is 11.4 Å². The van der Waals surface area contributed by atoms with Crippen molar-refractivity contribution >= 4 is 33.2 Å². The summed E-state index contributed by atoms with van der Waals surface area (Å²) >= 11 is 5.75. The van der Waals surface area contributed by atoms with Gasteiger partial charge in [-0.25, -0.2) is 13.1 Å². The maximum absolute atomic E-state index is 12.4. The Bertz CT molecular complexity index is 820. The Labute approximate surface area is 147 Å². The number of amides is 1. The first kappa shape index (κ1) is 18.4. The van der Waals surface area contributed by atoms with E-state index in [0.29, 0.717) is 11.6 Å². The zero-order valence-electron chi connectivity index (χ0n) is 13.5. The zero-order chi connectivity index (χ0) is 17.7. The molecule has 0 saturated carbocycles. The lowest BCUT2D eigenvalue weighted by Gasteiger charge is -2.21. The van der Waals surface area contributed by atoms with E-state index in [1.165, 1.54) is 29.2 Å². The van der Waals surface area contributed by atoms with Crippen molar-refractivity contribution < 1.29 is 13.2 Å². The van der Waals surface area contributed by atoms with Gasteiger partial charge in [-0.2, -0.15) is 0 Å². The molecule has 7 heteroatoms. The van der Waals surface area contributed by atoms with Crippen molar-refractivity contribution in [3.05, 3.63) is 59.1 Å². The molecule has 0 spiro atoms. The van der Waals surface area contributed by atoms with Crippen LogP contribution >= 0.6 is 11.6 Å². The van der Waals surface area contributed by atoms with E-state index in [-0.39, 0.29) is 17.3 Å². The molecule has 2 aromatic rings. The van der Waals surface area contributed by atoms with Gasteiger partial charge in [0.1, 0.15) is 0 Å². The van der Waals surface area contributed by atoms with Crippen molar-refractivity contribution in [2.24, 2.45) is 0 Å². The van der Waals surface area contributed by atoms with Crippen molar-refractivity contribution in [2.45, 2.75) is 18.7 Å². The van der Waals surface area contributed by atoms with Gasteiger partial charge in [0.15, 0.2) is 0 Å². The molecule has 0 aliphatic rings. The Morgan fingerprint density at radius 3 is 2.42 bits per heavy atom. The van der Waals surface area contributed by atoms with E-state index in [4.69, 9.17) is 11.6 Å². The number of carbonyl (C=O) groups is 1. The number of rotatable bonds is 6. The van der Waals surface area contributed by atoms with Gasteiger partial charge in [-0.3, -0.25) is 4.79 Å². The van der Waals surface area contributed by atoms with Crippen LogP contribution in [0.5, 0.6) is 0 Å². The van der Waals surface area contributed by atoms with E-state index in [2.05, 4.69) is 4.72 Å². The Kier molecular flexibility index (Phi) is 5.99. The van der Waals surface area contributed by atoms with Gasteiger partial charge in [-0.05, 0) is 55.8 Å². The minimum atomic E-state index is -3.76. The summed E-state index contributed by atoms with van der Waals surface area (Å²) in [4.78, 5) is 14.0. The molecule has 2 rings (SSSR count). The molecule has 2 aromatic carbocycles. The summed E-state index contributed by atoms with van der Waals surface area (Å²) in [6, 6.07) is 13.3. The first-order chi connectivity index (χ1) is 11.3. The Hall–Kier alpha value is -1.89. The van der Waals surface area contributed by atoms with Crippen LogP contribution in [0.25, 0.3) is 0 Å². The van der Waals surface area contributed by atoms with Gasteiger partial charge in [0, 0.05) is 17.3 Å². The summed E-state index contributed by atoms with van der Waals surface area (Å²) in [5.74, 6) is -0.319. The number of sulfonamides is 1. The molecule has 1 amide bonds. The molecule has 0 atom stereocenters. The van der Waals surface area contributed by atoms with Crippen LogP contribution in [0, 0.1) is 6.92 Å². The van der Waals surface area contributed by atoms with Crippen molar-refractivity contribution in [2.75, 3.05) is 18.0 Å². The zero-order valence-corrected chi connectivity index (χ0v) is 15.1. The predicted molar refractivity (Wildman–Crippen MR) is 95.8 cm³/mol. The maximum Gasteiger partial charge on any atom is 0.242 e. The van der Waals surface area contributed by atoms with Crippen molar-refractivity contribution in [3.8, 4) is 0 Å². The van der Waals surface area contributed by atoms with Gasteiger partial charge in [-0.15, -0.1) is 0 Å². The second-order valence-electron chi connectivity index (χ2n) is 5.26. The minimum Gasteiger partial charge on any atom is -0.312 e. The molecule has 0 bridgehead atoms. The quantitative estimate of drug-likeness (QED) is 0.854. The molecule has 0 heterocycles. The lowest BCUT2D eigenvalue weighted by Crippen LogP contribution is -2.40. The average molecular weight is 367 g/mol. The first-order valence-corrected chi connectivity index (χ1v) is 9.32. The molecular formula is C17H19ClN2O3S. The summed E-state index contributed by atoms with van der Waals surface area (Å²) in [6.45, 7) is 3.91. The van der Waals surface area contributed by atoms with E-state index in [1.807, 2.05) is 38.1 Å². The molecule has 0 radical (unpaired) electrons. The highest BCUT2D eigenvalue weighted by molar-refractivity contribution is 7.89. The number of anilines is 1. The number of benzene rings is 2. The van der Waals surface area contributed by atoms with Crippen LogP contribution in [-0.4, -0.2) is 27.4 Å². The number of aryl methyl sites for hydroxylation is 1. The Morgan fingerprint density at radius 2 is 1.83 bits per heavy atom. The number of nitrogens with one attached hydrogen (secondary N) is 1. The van der Waals surface area contributed by atoms with E-state index in [1.54, 1.807) is 0 Å². The van der Waals surface area contributed by atoms with Gasteiger partial charge in [0.2, 0.25) is 15.9 Å². The predicted octanol–water partition coefficient (Wildman–Crippen LogP) is 2.98. The van der Waals surface area contributed by atoms with Gasteiger partial charge < -0.3 is 4.90 Å². The smallest absolute Gasteiger partial charge is 0.242 e. The van der Waals surface area contributed by atoms with Crippen molar-refractivity contribution in [1.82, 2.24) is 4.72 Å². The number of hydrogen-bond donors (Lipinski definition) is 1. The number of nitrogens with zero attached hydrogens (tertiary/aromatic N) is 1. The third-order valence-corrected chi connectivity index (χ3v) is 5.14. The highest BCUT2D eigenvalue weighted by atomic mass is 35.5. The standard InChI is InChI=1S/C17H19ClN2O3S/c1-3-20(15-6-4-5-13(2)11-15)17(21)12-19-24(22,23)16-9-7-14(18)8-10-16/h4-11,19H,3,12H2,1-2H3.